The molecule has 2 radical (unpaired) electrons. The number of hydrogen-bond acceptors (Lipinski definition) is 1. The van der Waals surface area contributed by atoms with E-state index in [1.54, 1.807) is 10.1 Å². The van der Waals surface area contributed by atoms with Crippen LogP contribution in [0.15, 0.2) is 115 Å². The molecule has 3 heteroatoms. The van der Waals surface area contributed by atoms with E-state index < -0.39 is 7.59 Å². The fourth-order valence-electron chi connectivity index (χ4n) is 4.53. The molecule has 4 aromatic carbocycles. The van der Waals surface area contributed by atoms with Crippen molar-refractivity contribution in [2.75, 3.05) is 0 Å². The monoisotopic (exact) mass is 448 g/mol. The van der Waals surface area contributed by atoms with Crippen LogP contribution in [0.4, 0.5) is 0 Å². The van der Waals surface area contributed by atoms with E-state index in [1.807, 2.05) is 11.3 Å². The average molecular weight is 449 g/mol. The van der Waals surface area contributed by atoms with E-state index in [4.69, 9.17) is 0 Å². The summed E-state index contributed by atoms with van der Waals surface area (Å²) in [5, 5.41) is 7.52. The molecule has 0 bridgehead atoms. The highest BCUT2D eigenvalue weighted by Crippen LogP contribution is 2.27. The lowest BCUT2D eigenvalue weighted by atomic mass is 10.2. The molecule has 0 unspecified atom stereocenters. The summed E-state index contributed by atoms with van der Waals surface area (Å²) in [7, 11) is -1.58. The molecule has 0 atom stereocenters. The number of benzene rings is 4. The van der Waals surface area contributed by atoms with Gasteiger partial charge in [0.05, 0.1) is 9.04 Å². The lowest BCUT2D eigenvalue weighted by molar-refractivity contribution is 1.20. The maximum atomic E-state index is 2.38. The number of rotatable bonds is 6. The highest BCUT2D eigenvalue weighted by molar-refractivity contribution is 7.48. The van der Waals surface area contributed by atoms with Crippen molar-refractivity contribution in [3.05, 3.63) is 120 Å². The summed E-state index contributed by atoms with van der Waals surface area (Å²) in [6.07, 6.45) is 1.07. The van der Waals surface area contributed by atoms with Crippen LogP contribution in [-0.2, 0) is 6.42 Å². The molecule has 0 N–H and O–H groups in total. The molecule has 0 aliphatic rings. The summed E-state index contributed by atoms with van der Waals surface area (Å²) in [5.74, 6) is 0. The maximum Gasteiger partial charge on any atom is 0.142 e. The summed E-state index contributed by atoms with van der Waals surface area (Å²) in [6, 6.07) is 42.8. The Labute approximate surface area is 191 Å². The van der Waals surface area contributed by atoms with E-state index in [1.165, 1.54) is 25.6 Å². The van der Waals surface area contributed by atoms with Crippen LogP contribution in [0.5, 0.6) is 0 Å². The van der Waals surface area contributed by atoms with Crippen LogP contribution in [0, 0.1) is 0 Å². The highest BCUT2D eigenvalue weighted by Gasteiger charge is 2.43. The van der Waals surface area contributed by atoms with Crippen LogP contribution in [-0.4, -0.2) is 16.6 Å². The summed E-state index contributed by atoms with van der Waals surface area (Å²) in [6.45, 7) is 2.31. The molecule has 5 rings (SSSR count). The van der Waals surface area contributed by atoms with Crippen molar-refractivity contribution in [2.45, 2.75) is 13.3 Å². The van der Waals surface area contributed by atoms with Gasteiger partial charge in [-0.25, -0.2) is 0 Å². The molecule has 0 nitrogen and oxygen atoms in total. The van der Waals surface area contributed by atoms with Crippen molar-refractivity contribution in [3.8, 4) is 0 Å². The zero-order valence-corrected chi connectivity index (χ0v) is 20.4. The molecule has 150 valence electrons. The van der Waals surface area contributed by atoms with Gasteiger partial charge in [0.25, 0.3) is 0 Å². The van der Waals surface area contributed by atoms with Crippen molar-refractivity contribution in [2.24, 2.45) is 0 Å². The Morgan fingerprint density at radius 1 is 0.645 bits per heavy atom. The van der Waals surface area contributed by atoms with Crippen LogP contribution in [0.3, 0.4) is 0 Å². The van der Waals surface area contributed by atoms with Crippen molar-refractivity contribution in [1.29, 1.82) is 0 Å². The second-order valence-electron chi connectivity index (χ2n) is 7.72. The Morgan fingerprint density at radius 3 is 1.74 bits per heavy atom. The molecule has 0 aliphatic carbocycles. The fourth-order valence-corrected chi connectivity index (χ4v) is 16.2. The van der Waals surface area contributed by atoms with E-state index in [9.17, 15) is 0 Å². The van der Waals surface area contributed by atoms with Crippen molar-refractivity contribution in [3.63, 3.8) is 0 Å². The van der Waals surface area contributed by atoms with Gasteiger partial charge in [-0.3, -0.25) is 0 Å². The van der Waals surface area contributed by atoms with Gasteiger partial charge < -0.3 is 0 Å². The maximum absolute atomic E-state index is 2.38. The quantitative estimate of drug-likeness (QED) is 0.337. The van der Waals surface area contributed by atoms with Crippen LogP contribution in [0.2, 0.25) is 0 Å². The molecular weight excluding hydrogens is 425 g/mol. The smallest absolute Gasteiger partial charge is 0.140 e. The zero-order chi connectivity index (χ0) is 21.1. The molecule has 0 aliphatic heterocycles. The predicted molar refractivity (Wildman–Crippen MR) is 141 cm³/mol. The van der Waals surface area contributed by atoms with Gasteiger partial charge in [-0.2, -0.15) is 0 Å². The van der Waals surface area contributed by atoms with Gasteiger partial charge in [0.2, 0.25) is 0 Å². The van der Waals surface area contributed by atoms with Crippen molar-refractivity contribution < 1.29 is 0 Å². The summed E-state index contributed by atoms with van der Waals surface area (Å²) >= 11 is 1.99. The first kappa shape index (κ1) is 20.2. The Kier molecular flexibility index (Phi) is 5.73. The van der Waals surface area contributed by atoms with E-state index >= 15 is 0 Å². The first-order valence-electron chi connectivity index (χ1n) is 10.8. The second kappa shape index (κ2) is 8.79. The Bertz CT molecular complexity index is 1240. The Morgan fingerprint density at radius 2 is 1.16 bits per heavy atom. The van der Waals surface area contributed by atoms with Gasteiger partial charge in [-0.05, 0) is 23.1 Å². The van der Waals surface area contributed by atoms with Crippen LogP contribution in [0.1, 0.15) is 11.8 Å². The lowest BCUT2D eigenvalue weighted by Crippen LogP contribution is -2.74. The number of aryl methyl sites for hydroxylation is 1. The van der Waals surface area contributed by atoms with Gasteiger partial charge in [-0.1, -0.05) is 132 Å². The van der Waals surface area contributed by atoms with Crippen LogP contribution in [0.25, 0.3) is 10.1 Å². The van der Waals surface area contributed by atoms with E-state index in [2.05, 4.69) is 122 Å². The second-order valence-corrected chi connectivity index (χ2v) is 15.8. The SMILES string of the molecule is CCc1sc2ccccc2c1[Si]([Si]c1ccccc1)(c1ccccc1)c1ccccc1. The molecule has 0 amide bonds. The topological polar surface area (TPSA) is 0 Å². The normalized spacial score (nSPS) is 11.6. The van der Waals surface area contributed by atoms with Gasteiger partial charge >= 0.3 is 0 Å². The minimum absolute atomic E-state index is 0.723. The van der Waals surface area contributed by atoms with Crippen molar-refractivity contribution in [1.82, 2.24) is 0 Å². The molecule has 0 spiro atoms. The standard InChI is InChI=1S/C28H24SSi2/c1-2-26-28(25-20-12-13-21-27(25)29-26)31(23-16-8-4-9-17-23,24-18-10-5-11-19-24)30-22-14-6-3-7-15-22/h3-21H,2H2,1H3. The molecule has 0 saturated heterocycles. The molecule has 5 aromatic rings. The first-order valence-corrected chi connectivity index (χ1v) is 15.6. The minimum atomic E-state index is -2.30. The number of hydrogen-bond donors (Lipinski definition) is 0. The Hall–Kier alpha value is -2.73. The minimum Gasteiger partial charge on any atom is -0.140 e. The van der Waals surface area contributed by atoms with Crippen LogP contribution < -0.4 is 20.7 Å². The lowest BCUT2D eigenvalue weighted by Gasteiger charge is -2.34. The first-order chi connectivity index (χ1) is 15.3. The van der Waals surface area contributed by atoms with E-state index in [-0.39, 0.29) is 0 Å². The summed E-state index contributed by atoms with van der Waals surface area (Å²) in [5.41, 5.74) is 0. The summed E-state index contributed by atoms with van der Waals surface area (Å²) in [4.78, 5) is 1.55. The van der Waals surface area contributed by atoms with Crippen LogP contribution >= 0.6 is 11.3 Å². The van der Waals surface area contributed by atoms with Gasteiger partial charge in [0, 0.05) is 9.58 Å². The molecule has 0 fully saturated rings. The average Bonchev–Trinajstić information content (AvgIpc) is 3.23. The molecule has 1 heterocycles. The number of fused-ring (bicyclic) bond motifs is 1. The van der Waals surface area contributed by atoms with Crippen molar-refractivity contribution >= 4 is 58.8 Å². The molecule has 0 saturated carbocycles. The van der Waals surface area contributed by atoms with Gasteiger partial charge in [0.15, 0.2) is 0 Å². The largest absolute Gasteiger partial charge is 0.142 e. The van der Waals surface area contributed by atoms with E-state index in [0.29, 0.717) is 0 Å². The Balaban J connectivity index is 1.91. The third kappa shape index (κ3) is 3.63. The molecule has 31 heavy (non-hydrogen) atoms. The molecular formula is C28H24SSi2. The third-order valence-corrected chi connectivity index (χ3v) is 16.6. The van der Waals surface area contributed by atoms with Gasteiger partial charge in [0.1, 0.15) is 7.59 Å². The zero-order valence-electron chi connectivity index (χ0n) is 17.6. The van der Waals surface area contributed by atoms with E-state index in [0.717, 1.165) is 15.5 Å². The highest BCUT2D eigenvalue weighted by atomic mass is 32.1. The predicted octanol–water partition coefficient (Wildman–Crippen LogP) is 4.46. The van der Waals surface area contributed by atoms with Gasteiger partial charge in [-0.15, -0.1) is 11.3 Å². The fraction of sp³-hybridized carbons (Fsp3) is 0.0714. The third-order valence-electron chi connectivity index (χ3n) is 5.88. The molecule has 1 aromatic heterocycles. The number of thiophene rings is 1. The summed E-state index contributed by atoms with van der Waals surface area (Å²) < 4.78 is 1.41.